The number of amides is 1. The van der Waals surface area contributed by atoms with E-state index in [9.17, 15) is 9.59 Å². The minimum absolute atomic E-state index is 0.0410. The van der Waals surface area contributed by atoms with Crippen molar-refractivity contribution in [3.8, 4) is 0 Å². The molecule has 0 saturated carbocycles. The molecule has 0 radical (unpaired) electrons. The fourth-order valence-corrected chi connectivity index (χ4v) is 4.62. The number of methoxy groups -OCH3 is 1. The summed E-state index contributed by atoms with van der Waals surface area (Å²) in [6, 6.07) is -0.726. The van der Waals surface area contributed by atoms with E-state index in [1.807, 2.05) is 6.08 Å². The molecule has 0 aliphatic carbocycles. The first-order valence-electron chi connectivity index (χ1n) is 9.78. The van der Waals surface area contributed by atoms with Crippen LogP contribution >= 0.6 is 0 Å². The molecule has 1 fully saturated rings. The van der Waals surface area contributed by atoms with E-state index < -0.39 is 14.4 Å². The number of hydrogen-bond donors (Lipinski definition) is 0. The van der Waals surface area contributed by atoms with Gasteiger partial charge in [-0.3, -0.25) is 4.79 Å². The number of rotatable bonds is 9. The van der Waals surface area contributed by atoms with Gasteiger partial charge in [-0.15, -0.1) is 13.2 Å². The summed E-state index contributed by atoms with van der Waals surface area (Å²) in [6.45, 7) is 18.5. The molecular formula is C21H37NO4Si. The number of esters is 1. The van der Waals surface area contributed by atoms with Crippen molar-refractivity contribution in [1.29, 1.82) is 0 Å². The lowest BCUT2D eigenvalue weighted by Crippen LogP contribution is -2.49. The van der Waals surface area contributed by atoms with E-state index in [1.165, 1.54) is 7.11 Å². The lowest BCUT2D eigenvalue weighted by Gasteiger charge is -2.40. The second kappa shape index (κ2) is 9.69. The van der Waals surface area contributed by atoms with Crippen LogP contribution < -0.4 is 0 Å². The molecule has 0 aromatic carbocycles. The van der Waals surface area contributed by atoms with Crippen LogP contribution in [-0.4, -0.2) is 50.4 Å². The Morgan fingerprint density at radius 2 is 1.78 bits per heavy atom. The van der Waals surface area contributed by atoms with Crippen molar-refractivity contribution in [2.45, 2.75) is 89.2 Å². The summed E-state index contributed by atoms with van der Waals surface area (Å²) in [4.78, 5) is 27.1. The van der Waals surface area contributed by atoms with E-state index in [2.05, 4.69) is 47.0 Å². The average molecular weight is 396 g/mol. The van der Waals surface area contributed by atoms with E-state index in [0.29, 0.717) is 19.3 Å². The summed E-state index contributed by atoms with van der Waals surface area (Å²) >= 11 is 0. The number of hydrogen-bond acceptors (Lipinski definition) is 4. The highest BCUT2D eigenvalue weighted by Crippen LogP contribution is 2.41. The van der Waals surface area contributed by atoms with Crippen molar-refractivity contribution >= 4 is 20.2 Å². The Balaban J connectivity index is 3.21. The van der Waals surface area contributed by atoms with Crippen LogP contribution in [0.3, 0.4) is 0 Å². The molecule has 1 saturated heterocycles. The summed E-state index contributed by atoms with van der Waals surface area (Å²) in [7, 11) is -0.677. The zero-order valence-electron chi connectivity index (χ0n) is 17.9. The van der Waals surface area contributed by atoms with Gasteiger partial charge in [-0.05, 0) is 37.4 Å². The van der Waals surface area contributed by atoms with Crippen LogP contribution in [0, 0.1) is 0 Å². The van der Waals surface area contributed by atoms with Gasteiger partial charge in [0.25, 0.3) is 0 Å². The van der Waals surface area contributed by atoms with Gasteiger partial charge in [-0.2, -0.15) is 0 Å². The highest BCUT2D eigenvalue weighted by atomic mass is 28.4. The predicted molar refractivity (Wildman–Crippen MR) is 112 cm³/mol. The van der Waals surface area contributed by atoms with Crippen molar-refractivity contribution in [1.82, 2.24) is 4.90 Å². The lowest BCUT2D eigenvalue weighted by molar-refractivity contribution is -0.152. The Hall–Kier alpha value is -1.40. The van der Waals surface area contributed by atoms with Crippen molar-refractivity contribution in [2.24, 2.45) is 0 Å². The van der Waals surface area contributed by atoms with Gasteiger partial charge >= 0.3 is 5.97 Å². The third kappa shape index (κ3) is 5.78. The molecule has 3 atom stereocenters. The molecule has 1 unspecified atom stereocenters. The summed E-state index contributed by atoms with van der Waals surface area (Å²) < 4.78 is 11.7. The number of likely N-dealkylation sites (tertiary alicyclic amines) is 1. The number of carbonyl (C=O) groups is 2. The van der Waals surface area contributed by atoms with Crippen molar-refractivity contribution in [3.63, 3.8) is 0 Å². The van der Waals surface area contributed by atoms with Crippen LogP contribution in [0.25, 0.3) is 0 Å². The van der Waals surface area contributed by atoms with Crippen LogP contribution in [-0.2, 0) is 18.8 Å². The number of ether oxygens (including phenoxy) is 1. The monoisotopic (exact) mass is 395 g/mol. The van der Waals surface area contributed by atoms with Crippen LogP contribution in [0.2, 0.25) is 18.1 Å². The number of carbonyl (C=O) groups excluding carboxylic acids is 2. The highest BCUT2D eigenvalue weighted by Gasteiger charge is 2.50. The zero-order chi connectivity index (χ0) is 20.8. The molecule has 1 aliphatic rings. The molecule has 1 amide bonds. The van der Waals surface area contributed by atoms with Gasteiger partial charge in [-0.1, -0.05) is 32.9 Å². The van der Waals surface area contributed by atoms with Gasteiger partial charge in [0.05, 0.1) is 19.3 Å². The van der Waals surface area contributed by atoms with Gasteiger partial charge in [-0.25, -0.2) is 4.79 Å². The molecule has 0 N–H and O–H groups in total. The first kappa shape index (κ1) is 23.6. The third-order valence-electron chi connectivity index (χ3n) is 5.82. The molecule has 1 aliphatic heterocycles. The Morgan fingerprint density at radius 1 is 1.19 bits per heavy atom. The van der Waals surface area contributed by atoms with Crippen molar-refractivity contribution in [2.75, 3.05) is 7.11 Å². The molecule has 0 bridgehead atoms. The number of nitrogens with zero attached hydrogens (tertiary/aromatic N) is 1. The van der Waals surface area contributed by atoms with Gasteiger partial charge in [0.2, 0.25) is 5.91 Å². The SMILES string of the molecule is C=CCCC(=O)N1[C@H](C(=O)OC)CC(O[Si](C)(C)C(C)(C)C)[C@@H]1CCC=C. The van der Waals surface area contributed by atoms with Gasteiger partial charge in [0.15, 0.2) is 8.32 Å². The van der Waals surface area contributed by atoms with E-state index >= 15 is 0 Å². The summed E-state index contributed by atoms with van der Waals surface area (Å²) in [5.74, 6) is -0.410. The Bertz CT molecular complexity index is 553. The summed E-state index contributed by atoms with van der Waals surface area (Å²) in [5.41, 5.74) is 0. The molecule has 0 aromatic rings. The average Bonchev–Trinajstić information content (AvgIpc) is 2.93. The van der Waals surface area contributed by atoms with Crippen molar-refractivity contribution < 1.29 is 18.8 Å². The van der Waals surface area contributed by atoms with Gasteiger partial charge in [0.1, 0.15) is 6.04 Å². The minimum atomic E-state index is -2.05. The van der Waals surface area contributed by atoms with Crippen LogP contribution in [0.4, 0.5) is 0 Å². The van der Waals surface area contributed by atoms with Crippen molar-refractivity contribution in [3.05, 3.63) is 25.3 Å². The first-order chi connectivity index (χ1) is 12.5. The van der Waals surface area contributed by atoms with Crippen LogP contribution in [0.1, 0.15) is 52.9 Å². The minimum Gasteiger partial charge on any atom is -0.467 e. The van der Waals surface area contributed by atoms with E-state index in [4.69, 9.17) is 9.16 Å². The third-order valence-corrected chi connectivity index (χ3v) is 10.3. The topological polar surface area (TPSA) is 55.8 Å². The molecule has 1 heterocycles. The van der Waals surface area contributed by atoms with Gasteiger partial charge in [0, 0.05) is 12.8 Å². The molecular weight excluding hydrogens is 358 g/mol. The smallest absolute Gasteiger partial charge is 0.328 e. The van der Waals surface area contributed by atoms with E-state index in [-0.39, 0.29) is 29.1 Å². The molecule has 27 heavy (non-hydrogen) atoms. The van der Waals surface area contributed by atoms with E-state index in [1.54, 1.807) is 11.0 Å². The Kier molecular flexibility index (Phi) is 8.48. The highest BCUT2D eigenvalue weighted by molar-refractivity contribution is 6.74. The molecule has 0 spiro atoms. The second-order valence-electron chi connectivity index (χ2n) is 8.75. The molecule has 0 aromatic heterocycles. The Morgan fingerprint density at radius 3 is 2.26 bits per heavy atom. The molecule has 1 rings (SSSR count). The summed E-state index contributed by atoms with van der Waals surface area (Å²) in [6.07, 6.45) is 6.32. The quantitative estimate of drug-likeness (QED) is 0.329. The Labute approximate surface area is 165 Å². The maximum absolute atomic E-state index is 12.9. The van der Waals surface area contributed by atoms with Crippen LogP contribution in [0.5, 0.6) is 0 Å². The largest absolute Gasteiger partial charge is 0.467 e. The molecule has 154 valence electrons. The predicted octanol–water partition coefficient (Wildman–Crippen LogP) is 4.45. The first-order valence-corrected chi connectivity index (χ1v) is 12.7. The van der Waals surface area contributed by atoms with E-state index in [0.717, 1.165) is 12.8 Å². The fraction of sp³-hybridized carbons (Fsp3) is 0.714. The molecule has 6 heteroatoms. The maximum atomic E-state index is 12.9. The second-order valence-corrected chi connectivity index (χ2v) is 13.5. The van der Waals surface area contributed by atoms with Crippen LogP contribution in [0.15, 0.2) is 25.3 Å². The fourth-order valence-electron chi connectivity index (χ4n) is 3.26. The number of allylic oxidation sites excluding steroid dienone is 2. The standard InChI is InChI=1S/C21H37NO4Si/c1-9-11-13-16-18(26-27(7,8)21(3,4)5)15-17(20(24)25-6)22(16)19(23)14-12-10-2/h9-10,16-18H,1-2,11-15H2,3-8H3/t16-,17-,18?/m0/s1. The lowest BCUT2D eigenvalue weighted by atomic mass is 10.1. The van der Waals surface area contributed by atoms with Gasteiger partial charge < -0.3 is 14.1 Å². The zero-order valence-corrected chi connectivity index (χ0v) is 18.9. The maximum Gasteiger partial charge on any atom is 0.328 e. The molecule has 5 nitrogen and oxygen atoms in total. The summed E-state index contributed by atoms with van der Waals surface area (Å²) in [5, 5.41) is 0.0526. The normalized spacial score (nSPS) is 23.2.